The van der Waals surface area contributed by atoms with Gasteiger partial charge in [0.05, 0.1) is 6.10 Å². The van der Waals surface area contributed by atoms with Gasteiger partial charge in [-0.15, -0.1) is 11.8 Å². The lowest BCUT2D eigenvalue weighted by molar-refractivity contribution is 0.0651. The van der Waals surface area contributed by atoms with E-state index in [4.69, 9.17) is 9.84 Å². The summed E-state index contributed by atoms with van der Waals surface area (Å²) in [6, 6.07) is 0. The van der Waals surface area contributed by atoms with Crippen LogP contribution in [0.1, 0.15) is 313 Å². The minimum Gasteiger partial charge on any atom is -0.396 e. The lowest BCUT2D eigenvalue weighted by Gasteiger charge is -2.15. The first-order valence-electron chi connectivity index (χ1n) is 29.6. The number of thioether (sulfide) groups is 1. The average Bonchev–Trinajstić information content (AvgIpc) is 3.32. The zero-order valence-electron chi connectivity index (χ0n) is 46.7. The van der Waals surface area contributed by atoms with Crippen LogP contribution in [-0.2, 0) is 4.74 Å². The molecule has 0 aromatic carbocycles. The predicted molar refractivity (Wildman–Crippen MR) is 304 cm³/mol. The van der Waals surface area contributed by atoms with Gasteiger partial charge in [0.15, 0.2) is 0 Å². The third kappa shape index (κ3) is 70.1. The van der Waals surface area contributed by atoms with E-state index in [0.717, 1.165) is 26.0 Å². The van der Waals surface area contributed by atoms with Crippen molar-refractivity contribution in [1.82, 2.24) is 5.32 Å². The zero-order chi connectivity index (χ0) is 48.8. The SMILES string of the molecule is CC.CC.CCCCCCCC/C=C\CCCCCCCCOC(C)C/C=C(/SCCCCCCCC/C=C\CCCCCCCC)C(C)C.CCCCCCCNCCCCCCO. The molecular formula is C61H125NO2S. The molecule has 0 radical (unpaired) electrons. The van der Waals surface area contributed by atoms with Crippen molar-refractivity contribution in [2.45, 2.75) is 319 Å². The number of rotatable bonds is 49. The molecule has 65 heavy (non-hydrogen) atoms. The van der Waals surface area contributed by atoms with Crippen LogP contribution in [0.4, 0.5) is 0 Å². The monoisotopic (exact) mass is 936 g/mol. The molecule has 3 nitrogen and oxygen atoms in total. The molecule has 0 fully saturated rings. The second-order valence-corrected chi connectivity index (χ2v) is 19.9. The summed E-state index contributed by atoms with van der Waals surface area (Å²) in [4.78, 5) is 1.57. The second kappa shape index (κ2) is 70.0. The maximum atomic E-state index is 8.59. The highest BCUT2D eigenvalue weighted by molar-refractivity contribution is 8.03. The van der Waals surface area contributed by atoms with E-state index in [9.17, 15) is 0 Å². The van der Waals surface area contributed by atoms with E-state index in [1.165, 1.54) is 243 Å². The molecule has 0 saturated heterocycles. The molecule has 4 heteroatoms. The summed E-state index contributed by atoms with van der Waals surface area (Å²) in [5.74, 6) is 1.90. The minimum absolute atomic E-state index is 0.336. The van der Waals surface area contributed by atoms with Crippen LogP contribution in [0.2, 0.25) is 0 Å². The summed E-state index contributed by atoms with van der Waals surface area (Å²) in [7, 11) is 0. The van der Waals surface area contributed by atoms with Gasteiger partial charge in [0.2, 0.25) is 0 Å². The Morgan fingerprint density at radius 2 is 0.785 bits per heavy atom. The summed E-state index contributed by atoms with van der Waals surface area (Å²) in [6.07, 6.45) is 63.5. The molecule has 1 unspecified atom stereocenters. The molecule has 2 N–H and O–H groups in total. The largest absolute Gasteiger partial charge is 0.396 e. The van der Waals surface area contributed by atoms with Crippen LogP contribution in [0.15, 0.2) is 35.3 Å². The number of nitrogens with one attached hydrogen (secondary N) is 1. The highest BCUT2D eigenvalue weighted by Gasteiger charge is 2.07. The molecule has 0 bridgehead atoms. The third-order valence-electron chi connectivity index (χ3n) is 11.9. The van der Waals surface area contributed by atoms with Crippen molar-refractivity contribution in [1.29, 1.82) is 0 Å². The zero-order valence-corrected chi connectivity index (χ0v) is 47.5. The molecule has 1 atom stereocenters. The summed E-state index contributed by atoms with van der Waals surface area (Å²) in [5.41, 5.74) is 0. The molecular weight excluding hydrogens is 811 g/mol. The van der Waals surface area contributed by atoms with Crippen molar-refractivity contribution >= 4 is 11.8 Å². The fourth-order valence-corrected chi connectivity index (χ4v) is 8.81. The summed E-state index contributed by atoms with van der Waals surface area (Å²) in [5, 5.41) is 12.1. The number of hydrogen-bond acceptors (Lipinski definition) is 4. The Labute approximate surface area is 417 Å². The maximum absolute atomic E-state index is 8.59. The highest BCUT2D eigenvalue weighted by atomic mass is 32.2. The van der Waals surface area contributed by atoms with Crippen LogP contribution in [0.25, 0.3) is 0 Å². The van der Waals surface area contributed by atoms with E-state index in [1.807, 2.05) is 27.7 Å². The molecule has 392 valence electrons. The van der Waals surface area contributed by atoms with Crippen LogP contribution >= 0.6 is 11.8 Å². The molecule has 0 aliphatic heterocycles. The number of unbranched alkanes of at least 4 members (excludes halogenated alkanes) is 31. The topological polar surface area (TPSA) is 41.5 Å². The molecule has 0 saturated carbocycles. The van der Waals surface area contributed by atoms with Gasteiger partial charge in [-0.1, -0.05) is 247 Å². The Kier molecular flexibility index (Phi) is 76.5. The third-order valence-corrected chi connectivity index (χ3v) is 13.4. The van der Waals surface area contributed by atoms with Crippen molar-refractivity contribution in [3.8, 4) is 0 Å². The van der Waals surface area contributed by atoms with E-state index >= 15 is 0 Å². The van der Waals surface area contributed by atoms with Gasteiger partial charge in [-0.3, -0.25) is 0 Å². The molecule has 0 aliphatic carbocycles. The lowest BCUT2D eigenvalue weighted by Crippen LogP contribution is -2.16. The van der Waals surface area contributed by atoms with Gasteiger partial charge in [-0.2, -0.15) is 0 Å². The Bertz CT molecular complexity index is 858. The minimum atomic E-state index is 0.336. The highest BCUT2D eigenvalue weighted by Crippen LogP contribution is 2.27. The molecule has 0 rings (SSSR count). The first-order valence-corrected chi connectivity index (χ1v) is 30.6. The number of ether oxygens (including phenoxy) is 1. The lowest BCUT2D eigenvalue weighted by atomic mass is 10.1. The van der Waals surface area contributed by atoms with E-state index < -0.39 is 0 Å². The van der Waals surface area contributed by atoms with E-state index in [2.05, 4.69) is 89.0 Å². The second-order valence-electron chi connectivity index (χ2n) is 18.7. The van der Waals surface area contributed by atoms with Crippen LogP contribution in [-0.4, -0.2) is 43.3 Å². The van der Waals surface area contributed by atoms with Crippen LogP contribution in [0.3, 0.4) is 0 Å². The van der Waals surface area contributed by atoms with Gasteiger partial charge in [-0.25, -0.2) is 0 Å². The van der Waals surface area contributed by atoms with Crippen molar-refractivity contribution in [3.63, 3.8) is 0 Å². The van der Waals surface area contributed by atoms with Gasteiger partial charge >= 0.3 is 0 Å². The van der Waals surface area contributed by atoms with E-state index in [-0.39, 0.29) is 0 Å². The molecule has 0 spiro atoms. The molecule has 0 aromatic rings. The number of hydrogen-bond donors (Lipinski definition) is 2. The maximum Gasteiger partial charge on any atom is 0.0581 e. The average molecular weight is 937 g/mol. The smallest absolute Gasteiger partial charge is 0.0581 e. The van der Waals surface area contributed by atoms with Gasteiger partial charge in [-0.05, 0) is 126 Å². The van der Waals surface area contributed by atoms with Crippen LogP contribution < -0.4 is 5.32 Å². The van der Waals surface area contributed by atoms with Crippen molar-refractivity contribution in [2.75, 3.05) is 32.1 Å². The van der Waals surface area contributed by atoms with Gasteiger partial charge in [0, 0.05) is 13.2 Å². The first kappa shape index (κ1) is 71.0. The van der Waals surface area contributed by atoms with Crippen molar-refractivity contribution in [3.05, 3.63) is 35.3 Å². The van der Waals surface area contributed by atoms with Gasteiger partial charge < -0.3 is 15.2 Å². The van der Waals surface area contributed by atoms with Crippen molar-refractivity contribution < 1.29 is 9.84 Å². The quantitative estimate of drug-likeness (QED) is 0.0471. The van der Waals surface area contributed by atoms with Crippen LogP contribution in [0, 0.1) is 5.92 Å². The molecule has 0 amide bonds. The summed E-state index contributed by atoms with van der Waals surface area (Å²) < 4.78 is 6.16. The summed E-state index contributed by atoms with van der Waals surface area (Å²) >= 11 is 2.10. The number of aliphatic hydroxyl groups is 1. The van der Waals surface area contributed by atoms with E-state index in [1.54, 1.807) is 4.91 Å². The van der Waals surface area contributed by atoms with Crippen molar-refractivity contribution in [2.24, 2.45) is 5.92 Å². The Hall–Kier alpha value is -0.550. The molecule has 0 aliphatic rings. The first-order chi connectivity index (χ1) is 32.0. The summed E-state index contributed by atoms with van der Waals surface area (Å²) in [6.45, 7) is 25.4. The van der Waals surface area contributed by atoms with Gasteiger partial charge in [0.1, 0.15) is 0 Å². The molecule has 0 aromatic heterocycles. The van der Waals surface area contributed by atoms with E-state index in [0.29, 0.717) is 18.6 Å². The molecule has 0 heterocycles. The Balaban J connectivity index is -0.000000817. The predicted octanol–water partition coefficient (Wildman–Crippen LogP) is 21.3. The number of allylic oxidation sites excluding steroid dienone is 5. The Morgan fingerprint density at radius 3 is 1.17 bits per heavy atom. The normalized spacial score (nSPS) is 12.0. The van der Waals surface area contributed by atoms with Crippen LogP contribution in [0.5, 0.6) is 0 Å². The van der Waals surface area contributed by atoms with Gasteiger partial charge in [0.25, 0.3) is 0 Å². The fraction of sp³-hybridized carbons (Fsp3) is 0.902. The standard InChI is InChI=1S/C44H84OS.C13H29NO.2C2H6/c1-6-8-10-12-14-16-18-20-22-24-26-28-30-32-34-36-40-45-43(5)38-39-44(42(3)4)46-41-37-35-33-31-29-27-25-23-21-19-17-15-13-11-9-7-2;1-2-3-4-5-8-11-14-12-9-6-7-10-13-15;2*1-2/h20-23,39,42-43H,6-19,24-38,40-41H2,1-5H3;14-15H,2-13H2,1H3;2*1-2H3/b22-20-,23-21-,44-39+;;;. The fourth-order valence-electron chi connectivity index (χ4n) is 7.68. The Morgan fingerprint density at radius 1 is 0.446 bits per heavy atom. The number of aliphatic hydroxyl groups excluding tert-OH is 1.